The van der Waals surface area contributed by atoms with E-state index < -0.39 is 18.2 Å². The maximum Gasteiger partial charge on any atom is 0.435 e. The molecule has 0 aromatic heterocycles. The number of amides is 1. The molecule has 32 heavy (non-hydrogen) atoms. The van der Waals surface area contributed by atoms with Crippen LogP contribution in [0.5, 0.6) is 0 Å². The highest BCUT2D eigenvalue weighted by Crippen LogP contribution is 2.49. The van der Waals surface area contributed by atoms with Gasteiger partial charge in [-0.25, -0.2) is 0 Å². The maximum absolute atomic E-state index is 14.1. The molecule has 0 radical (unpaired) electrons. The quantitative estimate of drug-likeness (QED) is 0.547. The minimum Gasteiger partial charge on any atom is -0.374 e. The van der Waals surface area contributed by atoms with Crippen molar-refractivity contribution < 1.29 is 22.8 Å². The van der Waals surface area contributed by atoms with Gasteiger partial charge >= 0.3 is 6.18 Å². The van der Waals surface area contributed by atoms with Gasteiger partial charge in [-0.1, -0.05) is 34.4 Å². The summed E-state index contributed by atoms with van der Waals surface area (Å²) in [6, 6.07) is 8.54. The average Bonchev–Trinajstić information content (AvgIpc) is 3.12. The summed E-state index contributed by atoms with van der Waals surface area (Å²) in [6.45, 7) is 2.35. The molecule has 1 amide bonds. The Morgan fingerprint density at radius 1 is 1.22 bits per heavy atom. The molecule has 2 aromatic carbocycles. The van der Waals surface area contributed by atoms with Gasteiger partial charge in [0.2, 0.25) is 0 Å². The Bertz CT molecular complexity index is 1070. The molecule has 2 aliphatic heterocycles. The van der Waals surface area contributed by atoms with Gasteiger partial charge in [0.1, 0.15) is 0 Å². The molecule has 4 nitrogen and oxygen atoms in total. The van der Waals surface area contributed by atoms with E-state index in [0.717, 1.165) is 11.5 Å². The van der Waals surface area contributed by atoms with E-state index in [-0.39, 0.29) is 27.2 Å². The number of carbonyl (C=O) groups is 1. The number of hydrogen-bond acceptors (Lipinski definition) is 4. The van der Waals surface area contributed by atoms with Crippen LogP contribution in [0.2, 0.25) is 10.0 Å². The Morgan fingerprint density at radius 3 is 2.47 bits per heavy atom. The Balaban J connectivity index is 1.57. The lowest BCUT2D eigenvalue weighted by Crippen LogP contribution is -2.42. The molecule has 2 heterocycles. The number of benzene rings is 2. The first-order valence-electron chi connectivity index (χ1n) is 9.84. The first-order chi connectivity index (χ1) is 15.1. The van der Waals surface area contributed by atoms with Crippen LogP contribution >= 0.6 is 35.0 Å². The molecule has 2 aromatic rings. The highest BCUT2D eigenvalue weighted by Gasteiger charge is 2.62. The van der Waals surface area contributed by atoms with E-state index in [0.29, 0.717) is 29.2 Å². The first kappa shape index (κ1) is 23.3. The summed E-state index contributed by atoms with van der Waals surface area (Å²) in [4.78, 5) is 17.5. The predicted octanol–water partition coefficient (Wildman–Crippen LogP) is 5.98. The lowest BCUT2D eigenvalue weighted by molar-refractivity contribution is -0.275. The van der Waals surface area contributed by atoms with Gasteiger partial charge in [0.15, 0.2) is 0 Å². The molecule has 0 spiro atoms. The molecule has 1 N–H and O–H groups in total. The van der Waals surface area contributed by atoms with Gasteiger partial charge in [-0.2, -0.15) is 24.9 Å². The summed E-state index contributed by atoms with van der Waals surface area (Å²) in [7, 11) is 0. The van der Waals surface area contributed by atoms with E-state index in [4.69, 9.17) is 28.0 Å². The topological polar surface area (TPSA) is 50.7 Å². The van der Waals surface area contributed by atoms with Gasteiger partial charge in [-0.05, 0) is 65.8 Å². The van der Waals surface area contributed by atoms with Crippen LogP contribution in [0.4, 0.5) is 13.2 Å². The maximum atomic E-state index is 14.1. The second-order valence-electron chi connectivity index (χ2n) is 7.93. The number of hydrogen-bond donors (Lipinski definition) is 1. The minimum atomic E-state index is -4.76. The lowest BCUT2D eigenvalue weighted by Gasteiger charge is -2.29. The molecule has 2 aliphatic rings. The van der Waals surface area contributed by atoms with Crippen molar-refractivity contribution in [3.8, 4) is 0 Å². The molecule has 10 heteroatoms. The SMILES string of the molecule is Cc1cc(C2=NO[C@@](c3cc(Cl)cc(Cl)c3)(C(F)(F)F)C2)ccc1C(=O)NCC1CSC1. The van der Waals surface area contributed by atoms with Crippen molar-refractivity contribution in [2.75, 3.05) is 18.1 Å². The number of nitrogens with one attached hydrogen (secondary N) is 1. The molecule has 4 rings (SSSR count). The third kappa shape index (κ3) is 4.45. The van der Waals surface area contributed by atoms with Crippen molar-refractivity contribution >= 4 is 46.6 Å². The molecule has 0 saturated carbocycles. The second-order valence-corrected chi connectivity index (χ2v) is 9.88. The van der Waals surface area contributed by atoms with Gasteiger partial charge in [0.25, 0.3) is 11.5 Å². The number of thioether (sulfide) groups is 1. The van der Waals surface area contributed by atoms with Crippen molar-refractivity contribution in [2.24, 2.45) is 11.1 Å². The summed E-state index contributed by atoms with van der Waals surface area (Å²) in [6.07, 6.45) is -5.31. The number of rotatable bonds is 5. The first-order valence-corrected chi connectivity index (χ1v) is 11.8. The van der Waals surface area contributed by atoms with Crippen LogP contribution < -0.4 is 5.32 Å². The summed E-state index contributed by atoms with van der Waals surface area (Å²) in [5.41, 5.74) is -1.22. The number of carbonyl (C=O) groups excluding carboxylic acids is 1. The van der Waals surface area contributed by atoms with Gasteiger partial charge < -0.3 is 10.2 Å². The summed E-state index contributed by atoms with van der Waals surface area (Å²) < 4.78 is 42.4. The normalized spacial score (nSPS) is 21.0. The second kappa shape index (κ2) is 8.80. The third-order valence-corrected chi connectivity index (χ3v) is 7.43. The van der Waals surface area contributed by atoms with Gasteiger partial charge in [0.05, 0.1) is 5.71 Å². The number of halogens is 5. The Morgan fingerprint density at radius 2 is 1.91 bits per heavy atom. The highest BCUT2D eigenvalue weighted by atomic mass is 35.5. The van der Waals surface area contributed by atoms with E-state index in [1.807, 2.05) is 11.8 Å². The zero-order valence-corrected chi connectivity index (χ0v) is 19.3. The standard InChI is InChI=1S/C22H19Cl2F3N2O2S/c1-12-4-14(2-3-18(12)20(30)28-9-13-10-32-11-13)19-8-21(31-29-19,22(25,26)27)15-5-16(23)7-17(24)6-15/h2-7,13H,8-11H2,1H3,(H,28,30)/t21-/m0/s1. The van der Waals surface area contributed by atoms with Crippen molar-refractivity contribution in [1.82, 2.24) is 5.32 Å². The lowest BCUT2D eigenvalue weighted by atomic mass is 9.86. The molecule has 170 valence electrons. The van der Waals surface area contributed by atoms with Gasteiger partial charge in [-0.3, -0.25) is 4.79 Å². The van der Waals surface area contributed by atoms with Crippen LogP contribution in [0.1, 0.15) is 33.5 Å². The molecule has 1 fully saturated rings. The molecule has 0 unspecified atom stereocenters. The van der Waals surface area contributed by atoms with Crippen LogP contribution in [-0.4, -0.2) is 35.8 Å². The Kier molecular flexibility index (Phi) is 6.40. The van der Waals surface area contributed by atoms with Crippen LogP contribution in [0.25, 0.3) is 0 Å². The number of nitrogens with zero attached hydrogens (tertiary/aromatic N) is 1. The average molecular weight is 503 g/mol. The molecular weight excluding hydrogens is 484 g/mol. The largest absolute Gasteiger partial charge is 0.435 e. The van der Waals surface area contributed by atoms with Gasteiger partial charge in [-0.15, -0.1) is 0 Å². The fourth-order valence-electron chi connectivity index (χ4n) is 3.68. The van der Waals surface area contributed by atoms with Crippen LogP contribution in [0.3, 0.4) is 0 Å². The highest BCUT2D eigenvalue weighted by molar-refractivity contribution is 8.00. The summed E-state index contributed by atoms with van der Waals surface area (Å²) in [5, 5.41) is 6.82. The van der Waals surface area contributed by atoms with Crippen molar-refractivity contribution in [1.29, 1.82) is 0 Å². The molecule has 0 aliphatic carbocycles. The van der Waals surface area contributed by atoms with Crippen LogP contribution in [0, 0.1) is 12.8 Å². The fourth-order valence-corrected chi connectivity index (χ4v) is 5.01. The number of aryl methyl sites for hydroxylation is 1. The van der Waals surface area contributed by atoms with Crippen molar-refractivity contribution in [3.05, 3.63) is 68.7 Å². The molecule has 1 saturated heterocycles. The zero-order valence-electron chi connectivity index (χ0n) is 16.9. The van der Waals surface area contributed by atoms with E-state index in [2.05, 4.69) is 10.5 Å². The molecule has 0 bridgehead atoms. The van der Waals surface area contributed by atoms with Crippen molar-refractivity contribution in [3.63, 3.8) is 0 Å². The minimum absolute atomic E-state index is 0.0693. The van der Waals surface area contributed by atoms with Gasteiger partial charge in [0, 0.05) is 34.1 Å². The fraction of sp³-hybridized carbons (Fsp3) is 0.364. The monoisotopic (exact) mass is 502 g/mol. The smallest absolute Gasteiger partial charge is 0.374 e. The number of oxime groups is 1. The van der Waals surface area contributed by atoms with E-state index in [9.17, 15) is 18.0 Å². The Labute approximate surface area is 197 Å². The summed E-state index contributed by atoms with van der Waals surface area (Å²) >= 11 is 13.7. The molecular formula is C22H19Cl2F3N2O2S. The van der Waals surface area contributed by atoms with Crippen molar-refractivity contribution in [2.45, 2.75) is 25.1 Å². The Hall–Kier alpha value is -1.90. The van der Waals surface area contributed by atoms with Crippen LogP contribution in [-0.2, 0) is 10.4 Å². The van der Waals surface area contributed by atoms with E-state index in [1.54, 1.807) is 25.1 Å². The summed E-state index contributed by atoms with van der Waals surface area (Å²) in [5.74, 6) is 2.37. The number of alkyl halides is 3. The zero-order chi connectivity index (χ0) is 23.1. The van der Waals surface area contributed by atoms with Crippen LogP contribution in [0.15, 0.2) is 41.6 Å². The molecule has 1 atom stereocenters. The predicted molar refractivity (Wildman–Crippen MR) is 121 cm³/mol. The third-order valence-electron chi connectivity index (χ3n) is 5.58. The van der Waals surface area contributed by atoms with E-state index in [1.165, 1.54) is 18.2 Å². The van der Waals surface area contributed by atoms with E-state index >= 15 is 0 Å².